The van der Waals surface area contributed by atoms with Crippen molar-refractivity contribution in [2.45, 2.75) is 37.2 Å². The van der Waals surface area contributed by atoms with Crippen LogP contribution < -0.4 is 5.32 Å². The zero-order chi connectivity index (χ0) is 21.1. The van der Waals surface area contributed by atoms with Gasteiger partial charge in [-0.1, -0.05) is 71.9 Å². The van der Waals surface area contributed by atoms with E-state index >= 15 is 0 Å². The van der Waals surface area contributed by atoms with Crippen LogP contribution in [-0.2, 0) is 16.6 Å². The molecular weight excluding hydrogens is 436 g/mol. The van der Waals surface area contributed by atoms with Crippen molar-refractivity contribution >= 4 is 38.4 Å². The van der Waals surface area contributed by atoms with Crippen molar-refractivity contribution in [2.24, 2.45) is 0 Å². The van der Waals surface area contributed by atoms with Gasteiger partial charge in [0.05, 0.1) is 0 Å². The molecule has 1 unspecified atom stereocenters. The van der Waals surface area contributed by atoms with E-state index < -0.39 is 10.0 Å². The van der Waals surface area contributed by atoms with Crippen LogP contribution in [-0.4, -0.2) is 31.9 Å². The van der Waals surface area contributed by atoms with Crippen LogP contribution in [0.15, 0.2) is 75.4 Å². The van der Waals surface area contributed by atoms with Gasteiger partial charge < -0.3 is 5.32 Å². The molecule has 158 valence electrons. The van der Waals surface area contributed by atoms with Gasteiger partial charge >= 0.3 is 0 Å². The number of sulfonamides is 1. The highest BCUT2D eigenvalue weighted by molar-refractivity contribution is 8.18. The van der Waals surface area contributed by atoms with Crippen LogP contribution in [0.3, 0.4) is 0 Å². The molecule has 0 saturated carbocycles. The van der Waals surface area contributed by atoms with Crippen molar-refractivity contribution in [1.82, 2.24) is 9.62 Å². The first kappa shape index (κ1) is 21.7. The van der Waals surface area contributed by atoms with Crippen molar-refractivity contribution < 1.29 is 8.42 Å². The number of nitrogens with zero attached hydrogens (tertiary/aromatic N) is 1. The fourth-order valence-corrected chi connectivity index (χ4v) is 7.47. The maximum Gasteiger partial charge on any atom is 0.250 e. The molecule has 1 atom stereocenters. The second-order valence-corrected chi connectivity index (χ2v) is 11.2. The van der Waals surface area contributed by atoms with E-state index in [4.69, 9.17) is 11.6 Å². The summed E-state index contributed by atoms with van der Waals surface area (Å²) < 4.78 is 29.8. The molecule has 7 heteroatoms. The van der Waals surface area contributed by atoms with E-state index in [9.17, 15) is 8.42 Å². The quantitative estimate of drug-likeness (QED) is 0.644. The van der Waals surface area contributed by atoms with Crippen LogP contribution in [0.1, 0.15) is 30.9 Å². The van der Waals surface area contributed by atoms with E-state index in [2.05, 4.69) is 5.32 Å². The van der Waals surface area contributed by atoms with Gasteiger partial charge in [0.2, 0.25) is 10.0 Å². The van der Waals surface area contributed by atoms with E-state index in [0.717, 1.165) is 35.4 Å². The molecule has 4 nitrogen and oxygen atoms in total. The van der Waals surface area contributed by atoms with Gasteiger partial charge in [-0.05, 0) is 49.6 Å². The maximum absolute atomic E-state index is 13.9. The van der Waals surface area contributed by atoms with Crippen LogP contribution in [0.4, 0.5) is 0 Å². The zero-order valence-electron chi connectivity index (χ0n) is 16.8. The minimum atomic E-state index is -3.72. The molecule has 2 heterocycles. The van der Waals surface area contributed by atoms with Gasteiger partial charge in [0.25, 0.3) is 0 Å². The lowest BCUT2D eigenvalue weighted by Crippen LogP contribution is -2.41. The molecule has 0 bridgehead atoms. The Balaban J connectivity index is 1.72. The molecule has 2 aromatic carbocycles. The summed E-state index contributed by atoms with van der Waals surface area (Å²) in [7, 11) is -3.72. The Bertz CT molecular complexity index is 1080. The Hall–Kier alpha value is -1.57. The molecule has 0 aliphatic carbocycles. The molecule has 0 spiro atoms. The molecule has 1 N–H and O–H groups in total. The van der Waals surface area contributed by atoms with Crippen LogP contribution in [0.25, 0.3) is 5.03 Å². The highest BCUT2D eigenvalue weighted by Gasteiger charge is 2.33. The van der Waals surface area contributed by atoms with Crippen molar-refractivity contribution in [1.29, 1.82) is 0 Å². The summed E-state index contributed by atoms with van der Waals surface area (Å²) in [6, 6.07) is 17.6. The molecule has 1 fully saturated rings. The molecule has 0 amide bonds. The Morgan fingerprint density at radius 3 is 2.60 bits per heavy atom. The minimum Gasteiger partial charge on any atom is -0.313 e. The number of thioether (sulfide) groups is 1. The third-order valence-corrected chi connectivity index (χ3v) is 9.40. The fourth-order valence-electron chi connectivity index (χ4n) is 3.83. The van der Waals surface area contributed by atoms with Gasteiger partial charge in [-0.3, -0.25) is 0 Å². The molecule has 0 aromatic heterocycles. The van der Waals surface area contributed by atoms with Gasteiger partial charge in [-0.25, -0.2) is 8.42 Å². The number of fused-ring (bicyclic) bond motifs is 1. The highest BCUT2D eigenvalue weighted by atomic mass is 35.5. The van der Waals surface area contributed by atoms with E-state index in [1.807, 2.05) is 61.5 Å². The number of halogens is 1. The molecular formula is C23H25ClN2O2S2. The lowest BCUT2D eigenvalue weighted by molar-refractivity contribution is 0.368. The minimum absolute atomic E-state index is 0.173. The van der Waals surface area contributed by atoms with Crippen molar-refractivity contribution in [3.63, 3.8) is 0 Å². The summed E-state index contributed by atoms with van der Waals surface area (Å²) in [5.74, 6) is 0. The second-order valence-electron chi connectivity index (χ2n) is 7.64. The average molecular weight is 461 g/mol. The average Bonchev–Trinajstić information content (AvgIpc) is 3.21. The van der Waals surface area contributed by atoms with Crippen LogP contribution in [0, 0.1) is 0 Å². The van der Waals surface area contributed by atoms with Crippen molar-refractivity contribution in [3.8, 4) is 0 Å². The summed E-state index contributed by atoms with van der Waals surface area (Å²) in [4.78, 5) is 0.854. The number of nitrogens with one attached hydrogen (secondary N) is 1. The molecule has 2 aromatic rings. The SMILES string of the molecule is CC1=C(S(=O)(=O)N(Cc2ccccc2)CC2CCCN2)Sc2ccccc2C(Cl)=C1. The second kappa shape index (κ2) is 9.28. The summed E-state index contributed by atoms with van der Waals surface area (Å²) in [6.45, 7) is 3.56. The standard InChI is InChI=1S/C23H25ClN2O2S2/c1-17-14-21(24)20-11-5-6-12-22(20)29-23(17)30(27,28)26(16-19-10-7-13-25-19)15-18-8-3-2-4-9-18/h2-6,8-9,11-12,14,19,25H,7,10,13,15-16H2,1H3. The first-order chi connectivity index (χ1) is 14.4. The van der Waals surface area contributed by atoms with Gasteiger partial charge in [0.1, 0.15) is 4.24 Å². The fraction of sp³-hybridized carbons (Fsp3) is 0.304. The Labute approximate surface area is 188 Å². The number of hydrogen-bond donors (Lipinski definition) is 1. The Kier molecular flexibility index (Phi) is 6.70. The topological polar surface area (TPSA) is 49.4 Å². The molecule has 4 rings (SSSR count). The number of rotatable bonds is 6. The number of benzene rings is 2. The molecule has 2 aliphatic rings. The molecule has 30 heavy (non-hydrogen) atoms. The Morgan fingerprint density at radius 1 is 1.13 bits per heavy atom. The monoisotopic (exact) mass is 460 g/mol. The van der Waals surface area contributed by atoms with E-state index in [1.54, 1.807) is 10.4 Å². The van der Waals surface area contributed by atoms with Crippen molar-refractivity contribution in [3.05, 3.63) is 81.6 Å². The predicted molar refractivity (Wildman–Crippen MR) is 126 cm³/mol. The van der Waals surface area contributed by atoms with Gasteiger partial charge in [-0.15, -0.1) is 0 Å². The summed E-state index contributed by atoms with van der Waals surface area (Å²) in [6.07, 6.45) is 3.83. The third kappa shape index (κ3) is 4.68. The molecule has 0 radical (unpaired) electrons. The Morgan fingerprint density at radius 2 is 1.87 bits per heavy atom. The summed E-state index contributed by atoms with van der Waals surface area (Å²) in [5, 5.41) is 3.99. The van der Waals surface area contributed by atoms with Crippen molar-refractivity contribution in [2.75, 3.05) is 13.1 Å². The summed E-state index contributed by atoms with van der Waals surface area (Å²) >= 11 is 7.79. The smallest absolute Gasteiger partial charge is 0.250 e. The zero-order valence-corrected chi connectivity index (χ0v) is 19.2. The highest BCUT2D eigenvalue weighted by Crippen LogP contribution is 2.43. The molecule has 2 aliphatic heterocycles. The van der Waals surface area contributed by atoms with Crippen LogP contribution in [0.2, 0.25) is 0 Å². The molecule has 1 saturated heterocycles. The largest absolute Gasteiger partial charge is 0.313 e. The van der Waals surface area contributed by atoms with Crippen LogP contribution >= 0.6 is 23.4 Å². The summed E-state index contributed by atoms with van der Waals surface area (Å²) in [5.41, 5.74) is 2.50. The van der Waals surface area contributed by atoms with E-state index in [-0.39, 0.29) is 6.04 Å². The number of hydrogen-bond acceptors (Lipinski definition) is 4. The predicted octanol–water partition coefficient (Wildman–Crippen LogP) is 5.19. The third-order valence-electron chi connectivity index (χ3n) is 5.37. The first-order valence-electron chi connectivity index (χ1n) is 10.1. The van der Waals surface area contributed by atoms with E-state index in [1.165, 1.54) is 11.8 Å². The lowest BCUT2D eigenvalue weighted by Gasteiger charge is -2.27. The number of allylic oxidation sites excluding steroid dienone is 2. The first-order valence-corrected chi connectivity index (χ1v) is 12.7. The maximum atomic E-state index is 13.9. The van der Waals surface area contributed by atoms with Crippen LogP contribution in [0.5, 0.6) is 0 Å². The van der Waals surface area contributed by atoms with Gasteiger partial charge in [0, 0.05) is 34.6 Å². The van der Waals surface area contributed by atoms with Gasteiger partial charge in [0.15, 0.2) is 0 Å². The normalized spacial score (nSPS) is 19.6. The lowest BCUT2D eigenvalue weighted by atomic mass is 10.2. The van der Waals surface area contributed by atoms with Gasteiger partial charge in [-0.2, -0.15) is 4.31 Å². The van der Waals surface area contributed by atoms with E-state index in [0.29, 0.717) is 27.9 Å².